The third-order valence-corrected chi connectivity index (χ3v) is 4.94. The number of nitrogens with zero attached hydrogens (tertiary/aromatic N) is 4. The van der Waals surface area contributed by atoms with Crippen LogP contribution in [0.1, 0.15) is 56.4 Å². The second-order valence-electron chi connectivity index (χ2n) is 8.67. The highest BCUT2D eigenvalue weighted by Gasteiger charge is 2.28. The van der Waals surface area contributed by atoms with E-state index in [1.165, 1.54) is 4.57 Å². The fraction of sp³-hybridized carbons (Fsp3) is 0.400. The first-order valence-corrected chi connectivity index (χ1v) is 11.0. The van der Waals surface area contributed by atoms with Crippen molar-refractivity contribution < 1.29 is 23.6 Å². The number of allylic oxidation sites excluding steroid dienone is 2. The number of carbonyl (C=O) groups is 2. The van der Waals surface area contributed by atoms with Crippen molar-refractivity contribution in [3.63, 3.8) is 0 Å². The monoisotopic (exact) mass is 466 g/mol. The molecule has 2 heterocycles. The molecule has 0 saturated heterocycles. The minimum Gasteiger partial charge on any atom is -0.465 e. The molecule has 0 aliphatic heterocycles. The number of rotatable bonds is 6. The molecule has 3 aromatic rings. The number of carbonyl (C=O) groups excluding carboxylic acids is 2. The Morgan fingerprint density at radius 2 is 1.94 bits per heavy atom. The highest BCUT2D eigenvalue weighted by Crippen LogP contribution is 2.34. The normalized spacial score (nSPS) is 12.5. The molecule has 3 rings (SSSR count). The van der Waals surface area contributed by atoms with E-state index in [4.69, 9.17) is 14.0 Å². The van der Waals surface area contributed by atoms with Crippen molar-refractivity contribution in [2.24, 2.45) is 4.99 Å². The molecule has 2 aromatic heterocycles. The van der Waals surface area contributed by atoms with Gasteiger partial charge in [-0.15, -0.1) is 0 Å². The van der Waals surface area contributed by atoms with Crippen LogP contribution in [0.4, 0.5) is 4.79 Å². The predicted octanol–water partition coefficient (Wildman–Crippen LogP) is 5.32. The minimum atomic E-state index is -0.747. The van der Waals surface area contributed by atoms with Crippen molar-refractivity contribution in [3.8, 4) is 17.1 Å². The highest BCUT2D eigenvalue weighted by atomic mass is 16.6. The molecule has 34 heavy (non-hydrogen) atoms. The third kappa shape index (κ3) is 4.78. The quantitative estimate of drug-likeness (QED) is 0.357. The van der Waals surface area contributed by atoms with Gasteiger partial charge in [0.2, 0.25) is 5.78 Å². The number of ether oxygens (including phenoxy) is 2. The summed E-state index contributed by atoms with van der Waals surface area (Å²) in [5, 5.41) is 4.03. The predicted molar refractivity (Wildman–Crippen MR) is 130 cm³/mol. The lowest BCUT2D eigenvalue weighted by Gasteiger charge is -2.20. The second-order valence-corrected chi connectivity index (χ2v) is 8.67. The third-order valence-electron chi connectivity index (χ3n) is 4.94. The van der Waals surface area contributed by atoms with Gasteiger partial charge >= 0.3 is 12.1 Å². The first-order valence-electron chi connectivity index (χ1n) is 11.0. The maximum Gasteiger partial charge on any atom is 0.423 e. The van der Waals surface area contributed by atoms with E-state index in [0.29, 0.717) is 28.1 Å². The van der Waals surface area contributed by atoms with Crippen LogP contribution in [0.15, 0.2) is 33.8 Å². The SMILES string of the molecule is CC=CC(=NC)C(=O)c1cc(-c2c(C)noc2C)cc2c1nc(OCC)n2C(=O)OC(C)(C)C. The summed E-state index contributed by atoms with van der Waals surface area (Å²) in [6.45, 7) is 12.8. The van der Waals surface area contributed by atoms with Gasteiger partial charge in [0.25, 0.3) is 0 Å². The Kier molecular flexibility index (Phi) is 7.04. The average Bonchev–Trinajstić information content (AvgIpc) is 3.28. The molecule has 0 aliphatic carbocycles. The van der Waals surface area contributed by atoms with E-state index < -0.39 is 11.7 Å². The Balaban J connectivity index is 2.41. The van der Waals surface area contributed by atoms with Crippen molar-refractivity contribution in [1.82, 2.24) is 14.7 Å². The maximum absolute atomic E-state index is 13.5. The van der Waals surface area contributed by atoms with Gasteiger partial charge in [0.05, 0.1) is 23.4 Å². The van der Waals surface area contributed by atoms with Crippen LogP contribution in [-0.4, -0.2) is 51.6 Å². The first kappa shape index (κ1) is 24.9. The van der Waals surface area contributed by atoms with Gasteiger partial charge in [-0.3, -0.25) is 9.79 Å². The van der Waals surface area contributed by atoms with E-state index >= 15 is 0 Å². The molecule has 0 N–H and O–H groups in total. The molecule has 0 atom stereocenters. The molecule has 0 saturated carbocycles. The van der Waals surface area contributed by atoms with Crippen molar-refractivity contribution in [2.75, 3.05) is 13.7 Å². The van der Waals surface area contributed by atoms with Crippen molar-refractivity contribution in [3.05, 3.63) is 41.3 Å². The molecule has 180 valence electrons. The number of Topliss-reactive ketones (excluding diaryl/α,β-unsaturated/α-hetero) is 1. The summed E-state index contributed by atoms with van der Waals surface area (Å²) < 4.78 is 17.9. The molecule has 0 amide bonds. The van der Waals surface area contributed by atoms with Gasteiger partial charge in [0.1, 0.15) is 22.6 Å². The van der Waals surface area contributed by atoms with E-state index in [1.54, 1.807) is 72.9 Å². The van der Waals surface area contributed by atoms with E-state index in [1.807, 2.05) is 6.92 Å². The Morgan fingerprint density at radius 3 is 2.47 bits per heavy atom. The number of fused-ring (bicyclic) bond motifs is 1. The largest absolute Gasteiger partial charge is 0.465 e. The Hall–Kier alpha value is -3.75. The van der Waals surface area contributed by atoms with E-state index in [0.717, 1.165) is 5.56 Å². The lowest BCUT2D eigenvalue weighted by molar-refractivity contribution is 0.0527. The first-order chi connectivity index (χ1) is 16.0. The number of benzene rings is 1. The zero-order valence-corrected chi connectivity index (χ0v) is 20.8. The number of hydrogen-bond donors (Lipinski definition) is 0. The summed E-state index contributed by atoms with van der Waals surface area (Å²) in [6, 6.07) is 3.52. The second kappa shape index (κ2) is 9.62. The number of aromatic nitrogens is 3. The Bertz CT molecular complexity index is 1290. The van der Waals surface area contributed by atoms with Gasteiger partial charge < -0.3 is 14.0 Å². The smallest absolute Gasteiger partial charge is 0.423 e. The number of aryl methyl sites for hydroxylation is 2. The van der Waals surface area contributed by atoms with Crippen LogP contribution in [0.2, 0.25) is 0 Å². The van der Waals surface area contributed by atoms with E-state index in [2.05, 4.69) is 15.1 Å². The zero-order valence-electron chi connectivity index (χ0n) is 20.8. The fourth-order valence-electron chi connectivity index (χ4n) is 3.63. The van der Waals surface area contributed by atoms with Gasteiger partial charge in [-0.25, -0.2) is 4.79 Å². The Morgan fingerprint density at radius 1 is 1.24 bits per heavy atom. The molecule has 0 bridgehead atoms. The molecule has 0 fully saturated rings. The lowest BCUT2D eigenvalue weighted by Crippen LogP contribution is -2.27. The minimum absolute atomic E-state index is 0.0396. The van der Waals surface area contributed by atoms with Crippen molar-refractivity contribution in [2.45, 2.75) is 54.1 Å². The van der Waals surface area contributed by atoms with Crippen LogP contribution in [0.5, 0.6) is 6.01 Å². The molecule has 9 nitrogen and oxygen atoms in total. The molecule has 9 heteroatoms. The van der Waals surface area contributed by atoms with Crippen molar-refractivity contribution >= 4 is 28.6 Å². The van der Waals surface area contributed by atoms with Crippen LogP contribution < -0.4 is 4.74 Å². The van der Waals surface area contributed by atoms with Gasteiger partial charge in [-0.1, -0.05) is 11.2 Å². The molecule has 0 spiro atoms. The summed E-state index contributed by atoms with van der Waals surface area (Å²) in [4.78, 5) is 35.4. The summed E-state index contributed by atoms with van der Waals surface area (Å²) in [5.41, 5.74) is 2.49. The number of aliphatic imine (C=N–C) groups is 1. The number of hydrogen-bond acceptors (Lipinski definition) is 8. The standard InChI is InChI=1S/C25H30N4O5/c1-9-11-18(26-8)22(30)17-12-16(20-14(3)28-34-15(20)4)13-19-21(17)27-23(32-10-2)29(19)24(31)33-25(5,6)7/h9,11-13H,10H2,1-8H3. The van der Waals surface area contributed by atoms with E-state index in [-0.39, 0.29) is 29.7 Å². The fourth-order valence-corrected chi connectivity index (χ4v) is 3.63. The molecule has 0 radical (unpaired) electrons. The Labute approximate surface area is 198 Å². The molecule has 0 aliphatic rings. The van der Waals surface area contributed by atoms with Gasteiger partial charge in [0.15, 0.2) is 0 Å². The maximum atomic E-state index is 13.5. The molecule has 1 aromatic carbocycles. The van der Waals surface area contributed by atoms with Crippen LogP contribution >= 0.6 is 0 Å². The highest BCUT2D eigenvalue weighted by molar-refractivity contribution is 6.51. The van der Waals surface area contributed by atoms with Gasteiger partial charge in [0, 0.05) is 12.6 Å². The van der Waals surface area contributed by atoms with Gasteiger partial charge in [-0.2, -0.15) is 9.55 Å². The number of imidazole rings is 1. The molecular formula is C25H30N4O5. The average molecular weight is 467 g/mol. The summed E-state index contributed by atoms with van der Waals surface area (Å²) >= 11 is 0. The van der Waals surface area contributed by atoms with E-state index in [9.17, 15) is 9.59 Å². The zero-order chi connectivity index (χ0) is 25.2. The van der Waals surface area contributed by atoms with Crippen LogP contribution in [0.3, 0.4) is 0 Å². The summed E-state index contributed by atoms with van der Waals surface area (Å²) in [7, 11) is 1.55. The topological polar surface area (TPSA) is 109 Å². The van der Waals surface area contributed by atoms with Crippen LogP contribution in [-0.2, 0) is 4.74 Å². The summed E-state index contributed by atoms with van der Waals surface area (Å²) in [5.74, 6) is 0.248. The van der Waals surface area contributed by atoms with Crippen molar-refractivity contribution in [1.29, 1.82) is 0 Å². The summed E-state index contributed by atoms with van der Waals surface area (Å²) in [6.07, 6.45) is 2.71. The van der Waals surface area contributed by atoms with Crippen LogP contribution in [0.25, 0.3) is 22.2 Å². The lowest BCUT2D eigenvalue weighted by atomic mass is 9.97. The van der Waals surface area contributed by atoms with Crippen LogP contribution in [0, 0.1) is 13.8 Å². The molecule has 0 unspecified atom stereocenters. The molecular weight excluding hydrogens is 436 g/mol. The van der Waals surface area contributed by atoms with Gasteiger partial charge in [-0.05, 0) is 72.2 Å². The number of ketones is 1.